The molecule has 2 heterocycles. The molecule has 0 aliphatic carbocycles. The van der Waals surface area contributed by atoms with Gasteiger partial charge in [-0.15, -0.1) is 0 Å². The number of nitriles is 1. The molecule has 5 heteroatoms. The fraction of sp³-hybridized carbons (Fsp3) is 0.294. The third kappa shape index (κ3) is 2.92. The molecular formula is C17H16ClN3O. The van der Waals surface area contributed by atoms with E-state index in [9.17, 15) is 10.4 Å². The van der Waals surface area contributed by atoms with Gasteiger partial charge in [0.05, 0.1) is 11.7 Å². The topological polar surface area (TPSA) is 60.2 Å². The van der Waals surface area contributed by atoms with E-state index in [0.717, 1.165) is 30.5 Å². The number of pyridine rings is 1. The lowest BCUT2D eigenvalue weighted by molar-refractivity contribution is 0.154. The molecule has 112 valence electrons. The summed E-state index contributed by atoms with van der Waals surface area (Å²) in [7, 11) is 0. The molecule has 1 unspecified atom stereocenters. The molecule has 1 N–H and O–H groups in total. The molecule has 1 aliphatic heterocycles. The monoisotopic (exact) mass is 313 g/mol. The molecule has 1 aliphatic rings. The molecule has 4 nitrogen and oxygen atoms in total. The van der Waals surface area contributed by atoms with E-state index in [-0.39, 0.29) is 11.3 Å². The molecule has 0 bridgehead atoms. The van der Waals surface area contributed by atoms with Crippen molar-refractivity contribution < 1.29 is 5.11 Å². The van der Waals surface area contributed by atoms with Crippen molar-refractivity contribution in [3.05, 3.63) is 47.1 Å². The van der Waals surface area contributed by atoms with Crippen LogP contribution in [-0.2, 0) is 0 Å². The van der Waals surface area contributed by atoms with Gasteiger partial charge < -0.3 is 10.0 Å². The summed E-state index contributed by atoms with van der Waals surface area (Å²) >= 11 is 6.22. The Bertz CT molecular complexity index is 712. The number of benzene rings is 1. The van der Waals surface area contributed by atoms with E-state index < -0.39 is 0 Å². The predicted octanol–water partition coefficient (Wildman–Crippen LogP) is 3.23. The molecule has 0 amide bonds. The van der Waals surface area contributed by atoms with Crippen LogP contribution in [0.25, 0.3) is 11.1 Å². The molecule has 22 heavy (non-hydrogen) atoms. The number of rotatable bonds is 2. The van der Waals surface area contributed by atoms with Gasteiger partial charge >= 0.3 is 0 Å². The van der Waals surface area contributed by atoms with Gasteiger partial charge in [0.1, 0.15) is 17.0 Å². The Morgan fingerprint density at radius 2 is 2.09 bits per heavy atom. The summed E-state index contributed by atoms with van der Waals surface area (Å²) in [6.45, 7) is 1.38. The number of aliphatic hydroxyl groups excluding tert-OH is 1. The molecular weight excluding hydrogens is 298 g/mol. The lowest BCUT2D eigenvalue weighted by atomic mass is 10.0. The Labute approximate surface area is 134 Å². The summed E-state index contributed by atoms with van der Waals surface area (Å²) in [5.41, 5.74) is 2.09. The second-order valence-corrected chi connectivity index (χ2v) is 5.77. The minimum absolute atomic E-state index is 0.207. The van der Waals surface area contributed by atoms with E-state index in [0.29, 0.717) is 17.9 Å². The van der Waals surface area contributed by atoms with Crippen LogP contribution in [0.3, 0.4) is 0 Å². The van der Waals surface area contributed by atoms with Crippen LogP contribution in [-0.4, -0.2) is 29.3 Å². The average molecular weight is 314 g/mol. The van der Waals surface area contributed by atoms with Gasteiger partial charge in [-0.3, -0.25) is 0 Å². The zero-order chi connectivity index (χ0) is 15.5. The quantitative estimate of drug-likeness (QED) is 0.865. The standard InChI is InChI=1S/C17H16ClN3O/c18-17-15(10-19)14(12-5-2-1-3-6-12)9-16(20-17)21-8-4-7-13(22)11-21/h1-3,5-6,9,13,22H,4,7-8,11H2. The molecule has 1 aromatic heterocycles. The number of anilines is 1. The predicted molar refractivity (Wildman–Crippen MR) is 86.9 cm³/mol. The van der Waals surface area contributed by atoms with Gasteiger partial charge in [-0.1, -0.05) is 41.9 Å². The maximum absolute atomic E-state index is 9.84. The second-order valence-electron chi connectivity index (χ2n) is 5.41. The minimum atomic E-state index is -0.342. The van der Waals surface area contributed by atoms with Crippen molar-refractivity contribution in [2.24, 2.45) is 0 Å². The summed E-state index contributed by atoms with van der Waals surface area (Å²) in [5.74, 6) is 0.710. The smallest absolute Gasteiger partial charge is 0.149 e. The van der Waals surface area contributed by atoms with Crippen LogP contribution in [0, 0.1) is 11.3 Å². The number of nitrogens with zero attached hydrogens (tertiary/aromatic N) is 3. The summed E-state index contributed by atoms with van der Waals surface area (Å²) < 4.78 is 0. The molecule has 1 saturated heterocycles. The first-order valence-corrected chi connectivity index (χ1v) is 7.66. The molecule has 0 spiro atoms. The summed E-state index contributed by atoms with van der Waals surface area (Å²) in [5, 5.41) is 19.4. The lowest BCUT2D eigenvalue weighted by Gasteiger charge is -2.31. The number of hydrogen-bond acceptors (Lipinski definition) is 4. The van der Waals surface area contributed by atoms with Gasteiger partial charge in [0.25, 0.3) is 0 Å². The zero-order valence-electron chi connectivity index (χ0n) is 12.0. The van der Waals surface area contributed by atoms with Crippen LogP contribution in [0.15, 0.2) is 36.4 Å². The van der Waals surface area contributed by atoms with Crippen molar-refractivity contribution >= 4 is 17.4 Å². The highest BCUT2D eigenvalue weighted by atomic mass is 35.5. The molecule has 1 fully saturated rings. The van der Waals surface area contributed by atoms with E-state index in [4.69, 9.17) is 11.6 Å². The van der Waals surface area contributed by atoms with Crippen molar-refractivity contribution in [3.63, 3.8) is 0 Å². The first-order chi connectivity index (χ1) is 10.7. The van der Waals surface area contributed by atoms with Crippen molar-refractivity contribution in [2.75, 3.05) is 18.0 Å². The largest absolute Gasteiger partial charge is 0.391 e. The number of piperidine rings is 1. The number of hydrogen-bond donors (Lipinski definition) is 1. The maximum atomic E-state index is 9.84. The third-order valence-corrected chi connectivity index (χ3v) is 4.15. The zero-order valence-corrected chi connectivity index (χ0v) is 12.8. The molecule has 1 aromatic carbocycles. The van der Waals surface area contributed by atoms with Crippen LogP contribution in [0.1, 0.15) is 18.4 Å². The number of β-amino-alcohol motifs (C(OH)–C–C–N with tert-alkyl or cyclic N) is 1. The first-order valence-electron chi connectivity index (χ1n) is 7.28. The first kappa shape index (κ1) is 14.8. The van der Waals surface area contributed by atoms with E-state index >= 15 is 0 Å². The maximum Gasteiger partial charge on any atom is 0.149 e. The van der Waals surface area contributed by atoms with Crippen LogP contribution in [0.4, 0.5) is 5.82 Å². The van der Waals surface area contributed by atoms with Crippen molar-refractivity contribution in [1.82, 2.24) is 4.98 Å². The molecule has 3 rings (SSSR count). The van der Waals surface area contributed by atoms with Gasteiger partial charge in [-0.25, -0.2) is 4.98 Å². The fourth-order valence-corrected chi connectivity index (χ4v) is 3.01. The van der Waals surface area contributed by atoms with Crippen LogP contribution in [0.5, 0.6) is 0 Å². The molecule has 1 atom stereocenters. The summed E-state index contributed by atoms with van der Waals surface area (Å²) in [6.07, 6.45) is 1.39. The molecule has 0 radical (unpaired) electrons. The van der Waals surface area contributed by atoms with Gasteiger partial charge in [0.2, 0.25) is 0 Å². The normalized spacial score (nSPS) is 18.0. The van der Waals surface area contributed by atoms with Crippen molar-refractivity contribution in [2.45, 2.75) is 18.9 Å². The average Bonchev–Trinajstić information content (AvgIpc) is 2.55. The van der Waals surface area contributed by atoms with E-state index in [1.165, 1.54) is 0 Å². The van der Waals surface area contributed by atoms with Gasteiger partial charge in [-0.05, 0) is 24.5 Å². The highest BCUT2D eigenvalue weighted by Gasteiger charge is 2.21. The summed E-state index contributed by atoms with van der Waals surface area (Å²) in [6, 6.07) is 13.7. The van der Waals surface area contributed by atoms with Gasteiger partial charge in [-0.2, -0.15) is 5.26 Å². The Kier molecular flexibility index (Phi) is 4.28. The second kappa shape index (κ2) is 6.35. The highest BCUT2D eigenvalue weighted by molar-refractivity contribution is 6.31. The van der Waals surface area contributed by atoms with Crippen LogP contribution < -0.4 is 4.90 Å². The minimum Gasteiger partial charge on any atom is -0.391 e. The van der Waals surface area contributed by atoms with Crippen LogP contribution in [0.2, 0.25) is 5.15 Å². The lowest BCUT2D eigenvalue weighted by Crippen LogP contribution is -2.38. The summed E-state index contributed by atoms with van der Waals surface area (Å²) in [4.78, 5) is 6.37. The highest BCUT2D eigenvalue weighted by Crippen LogP contribution is 2.32. The molecule has 0 saturated carbocycles. The Morgan fingerprint density at radius 1 is 1.32 bits per heavy atom. The van der Waals surface area contributed by atoms with Crippen LogP contribution >= 0.6 is 11.6 Å². The SMILES string of the molecule is N#Cc1c(-c2ccccc2)cc(N2CCCC(O)C2)nc1Cl. The van der Waals surface area contributed by atoms with Crippen molar-refractivity contribution in [3.8, 4) is 17.2 Å². The Morgan fingerprint density at radius 3 is 2.77 bits per heavy atom. The van der Waals surface area contributed by atoms with Gasteiger partial charge in [0.15, 0.2) is 0 Å². The van der Waals surface area contributed by atoms with E-state index in [2.05, 4.69) is 11.1 Å². The van der Waals surface area contributed by atoms with Crippen molar-refractivity contribution in [1.29, 1.82) is 5.26 Å². The fourth-order valence-electron chi connectivity index (χ4n) is 2.78. The Balaban J connectivity index is 2.07. The number of aromatic nitrogens is 1. The van der Waals surface area contributed by atoms with E-state index in [1.54, 1.807) is 0 Å². The van der Waals surface area contributed by atoms with Gasteiger partial charge in [0, 0.05) is 18.7 Å². The number of aliphatic hydroxyl groups is 1. The number of halogens is 1. The van der Waals surface area contributed by atoms with E-state index in [1.807, 2.05) is 41.3 Å². The molecule has 2 aromatic rings. The Hall–Kier alpha value is -2.09. The third-order valence-electron chi connectivity index (χ3n) is 3.88.